The summed E-state index contributed by atoms with van der Waals surface area (Å²) < 4.78 is 5.50. The van der Waals surface area contributed by atoms with E-state index >= 15 is 0 Å². The highest BCUT2D eigenvalue weighted by Gasteiger charge is 2.24. The molecule has 0 saturated heterocycles. The quantitative estimate of drug-likeness (QED) is 0.889. The van der Waals surface area contributed by atoms with Gasteiger partial charge in [0.15, 0.2) is 0 Å². The first kappa shape index (κ1) is 13.0. The minimum Gasteiger partial charge on any atom is -0.494 e. The summed E-state index contributed by atoms with van der Waals surface area (Å²) in [4.78, 5) is 0. The summed E-state index contributed by atoms with van der Waals surface area (Å²) in [6, 6.07) is 13.2. The van der Waals surface area contributed by atoms with E-state index in [2.05, 4.69) is 55.6 Å². The van der Waals surface area contributed by atoms with Gasteiger partial charge in [-0.25, -0.2) is 0 Å². The summed E-state index contributed by atoms with van der Waals surface area (Å²) in [5.74, 6) is 0.944. The van der Waals surface area contributed by atoms with Crippen LogP contribution in [0.1, 0.15) is 35.2 Å². The summed E-state index contributed by atoms with van der Waals surface area (Å²) in [5, 5.41) is 3.67. The molecule has 0 spiro atoms. The molecule has 1 aliphatic heterocycles. The Morgan fingerprint density at radius 3 is 2.40 bits per heavy atom. The van der Waals surface area contributed by atoms with Crippen molar-refractivity contribution in [2.24, 2.45) is 0 Å². The van der Waals surface area contributed by atoms with Crippen molar-refractivity contribution in [1.82, 2.24) is 0 Å². The Morgan fingerprint density at radius 1 is 1.05 bits per heavy atom. The van der Waals surface area contributed by atoms with E-state index in [0.717, 1.165) is 12.2 Å². The third-order valence-corrected chi connectivity index (χ3v) is 4.08. The van der Waals surface area contributed by atoms with Crippen molar-refractivity contribution in [3.8, 4) is 5.75 Å². The molecule has 0 radical (unpaired) electrons. The Bertz CT molecular complexity index is 585. The molecule has 0 amide bonds. The lowest BCUT2D eigenvalue weighted by Crippen LogP contribution is -2.06. The minimum atomic E-state index is 0.375. The predicted molar refractivity (Wildman–Crippen MR) is 83.6 cm³/mol. The van der Waals surface area contributed by atoms with E-state index in [9.17, 15) is 0 Å². The molecular weight excluding hydrogens is 246 g/mol. The highest BCUT2D eigenvalue weighted by Crippen LogP contribution is 2.38. The van der Waals surface area contributed by atoms with Crippen LogP contribution in [0.4, 0.5) is 5.69 Å². The maximum atomic E-state index is 5.50. The van der Waals surface area contributed by atoms with Crippen LogP contribution in [0.25, 0.3) is 0 Å². The molecular formula is C18H21NO. The molecule has 1 heterocycles. The molecule has 1 aliphatic rings. The summed E-state index contributed by atoms with van der Waals surface area (Å²) in [6.45, 7) is 7.09. The molecule has 3 rings (SSSR count). The zero-order valence-electron chi connectivity index (χ0n) is 12.4. The van der Waals surface area contributed by atoms with E-state index in [4.69, 9.17) is 4.74 Å². The molecule has 1 N–H and O–H groups in total. The van der Waals surface area contributed by atoms with Crippen LogP contribution in [0.5, 0.6) is 5.75 Å². The van der Waals surface area contributed by atoms with E-state index in [0.29, 0.717) is 12.6 Å². The van der Waals surface area contributed by atoms with E-state index < -0.39 is 0 Å². The number of hydrogen-bond donors (Lipinski definition) is 1. The molecule has 1 unspecified atom stereocenters. The van der Waals surface area contributed by atoms with Crippen molar-refractivity contribution in [1.29, 1.82) is 0 Å². The standard InChI is InChI=1S/C18H21NO/c1-4-20-15-9-7-14(8-10-15)17-11-16-12(2)5-6-13(3)18(16)19-17/h5-10,17,19H,4,11H2,1-3H3. The number of anilines is 1. The van der Waals surface area contributed by atoms with Crippen molar-refractivity contribution in [2.75, 3.05) is 11.9 Å². The molecule has 0 saturated carbocycles. The lowest BCUT2D eigenvalue weighted by molar-refractivity contribution is 0.340. The number of fused-ring (bicyclic) bond motifs is 1. The van der Waals surface area contributed by atoms with Crippen LogP contribution in [-0.2, 0) is 6.42 Å². The topological polar surface area (TPSA) is 21.3 Å². The summed E-state index contributed by atoms with van der Waals surface area (Å²) >= 11 is 0. The second kappa shape index (κ2) is 5.20. The Labute approximate surface area is 120 Å². The molecule has 0 fully saturated rings. The lowest BCUT2D eigenvalue weighted by atomic mass is 9.98. The Hall–Kier alpha value is -1.96. The number of nitrogens with one attached hydrogen (secondary N) is 1. The highest BCUT2D eigenvalue weighted by molar-refractivity contribution is 5.65. The number of hydrogen-bond acceptors (Lipinski definition) is 2. The van der Waals surface area contributed by atoms with Gasteiger partial charge in [-0.05, 0) is 61.6 Å². The fourth-order valence-electron chi connectivity index (χ4n) is 2.93. The fourth-order valence-corrected chi connectivity index (χ4v) is 2.93. The van der Waals surface area contributed by atoms with E-state index in [1.54, 1.807) is 0 Å². The maximum absolute atomic E-state index is 5.50. The minimum absolute atomic E-state index is 0.375. The first-order chi connectivity index (χ1) is 9.69. The Balaban J connectivity index is 1.84. The largest absolute Gasteiger partial charge is 0.494 e. The smallest absolute Gasteiger partial charge is 0.119 e. The van der Waals surface area contributed by atoms with Gasteiger partial charge in [0.2, 0.25) is 0 Å². The number of ether oxygens (including phenoxy) is 1. The van der Waals surface area contributed by atoms with Crippen LogP contribution >= 0.6 is 0 Å². The maximum Gasteiger partial charge on any atom is 0.119 e. The van der Waals surface area contributed by atoms with Gasteiger partial charge in [-0.15, -0.1) is 0 Å². The Morgan fingerprint density at radius 2 is 1.75 bits per heavy atom. The van der Waals surface area contributed by atoms with Crippen molar-refractivity contribution in [3.05, 3.63) is 58.7 Å². The third-order valence-electron chi connectivity index (χ3n) is 4.08. The van der Waals surface area contributed by atoms with Crippen molar-refractivity contribution >= 4 is 5.69 Å². The molecule has 0 aliphatic carbocycles. The summed E-state index contributed by atoms with van der Waals surface area (Å²) in [5.41, 5.74) is 6.82. The Kier molecular flexibility index (Phi) is 3.39. The van der Waals surface area contributed by atoms with Crippen molar-refractivity contribution in [2.45, 2.75) is 33.2 Å². The van der Waals surface area contributed by atoms with Gasteiger partial charge in [0.1, 0.15) is 5.75 Å². The zero-order chi connectivity index (χ0) is 14.1. The van der Waals surface area contributed by atoms with Gasteiger partial charge in [0, 0.05) is 5.69 Å². The average Bonchev–Trinajstić information content (AvgIpc) is 2.91. The van der Waals surface area contributed by atoms with Crippen LogP contribution < -0.4 is 10.1 Å². The highest BCUT2D eigenvalue weighted by atomic mass is 16.5. The number of benzene rings is 2. The van der Waals surface area contributed by atoms with Crippen molar-refractivity contribution in [3.63, 3.8) is 0 Å². The second-order valence-corrected chi connectivity index (χ2v) is 5.46. The van der Waals surface area contributed by atoms with Gasteiger partial charge in [-0.3, -0.25) is 0 Å². The van der Waals surface area contributed by atoms with Crippen LogP contribution in [0.3, 0.4) is 0 Å². The average molecular weight is 267 g/mol. The van der Waals surface area contributed by atoms with Gasteiger partial charge >= 0.3 is 0 Å². The molecule has 2 heteroatoms. The van der Waals surface area contributed by atoms with E-state index in [1.807, 2.05) is 6.92 Å². The van der Waals surface area contributed by atoms with E-state index in [1.165, 1.54) is 27.9 Å². The molecule has 0 aromatic heterocycles. The van der Waals surface area contributed by atoms with E-state index in [-0.39, 0.29) is 0 Å². The predicted octanol–water partition coefficient (Wildman–Crippen LogP) is 4.41. The first-order valence-corrected chi connectivity index (χ1v) is 7.27. The molecule has 20 heavy (non-hydrogen) atoms. The third kappa shape index (κ3) is 2.26. The number of rotatable bonds is 3. The summed E-state index contributed by atoms with van der Waals surface area (Å²) in [7, 11) is 0. The van der Waals surface area contributed by atoms with Gasteiger partial charge in [0.05, 0.1) is 12.6 Å². The van der Waals surface area contributed by atoms with Gasteiger partial charge in [0.25, 0.3) is 0 Å². The zero-order valence-corrected chi connectivity index (χ0v) is 12.4. The van der Waals surface area contributed by atoms with Gasteiger partial charge < -0.3 is 10.1 Å². The molecule has 2 nitrogen and oxygen atoms in total. The SMILES string of the molecule is CCOc1ccc(C2Cc3c(C)ccc(C)c3N2)cc1. The molecule has 104 valence electrons. The van der Waals surface area contributed by atoms with Crippen molar-refractivity contribution < 1.29 is 4.74 Å². The molecule has 1 atom stereocenters. The summed E-state index contributed by atoms with van der Waals surface area (Å²) in [6.07, 6.45) is 1.07. The van der Waals surface area contributed by atoms with Gasteiger partial charge in [-0.1, -0.05) is 24.3 Å². The molecule has 2 aromatic carbocycles. The van der Waals surface area contributed by atoms with Crippen LogP contribution in [0.15, 0.2) is 36.4 Å². The first-order valence-electron chi connectivity index (χ1n) is 7.27. The molecule has 2 aromatic rings. The molecule has 0 bridgehead atoms. The van der Waals surface area contributed by atoms with Gasteiger partial charge in [-0.2, -0.15) is 0 Å². The normalized spacial score (nSPS) is 16.6. The fraction of sp³-hybridized carbons (Fsp3) is 0.333. The number of aryl methyl sites for hydroxylation is 2. The second-order valence-electron chi connectivity index (χ2n) is 5.46. The van der Waals surface area contributed by atoms with Crippen LogP contribution in [-0.4, -0.2) is 6.61 Å². The lowest BCUT2D eigenvalue weighted by Gasteiger charge is -2.13. The van der Waals surface area contributed by atoms with Crippen LogP contribution in [0, 0.1) is 13.8 Å². The van der Waals surface area contributed by atoms with Crippen LogP contribution in [0.2, 0.25) is 0 Å². The monoisotopic (exact) mass is 267 g/mol.